The summed E-state index contributed by atoms with van der Waals surface area (Å²) in [5.41, 5.74) is 11.5. The van der Waals surface area contributed by atoms with Crippen molar-refractivity contribution in [1.29, 1.82) is 0 Å². The van der Waals surface area contributed by atoms with Crippen molar-refractivity contribution >= 4 is 22.4 Å². The van der Waals surface area contributed by atoms with Crippen molar-refractivity contribution in [2.45, 2.75) is 26.5 Å². The molecule has 5 nitrogen and oxygen atoms in total. The Morgan fingerprint density at radius 3 is 2.59 bits per heavy atom. The lowest BCUT2D eigenvalue weighted by molar-refractivity contribution is 0.0745. The van der Waals surface area contributed by atoms with Crippen molar-refractivity contribution in [2.24, 2.45) is 0 Å². The van der Waals surface area contributed by atoms with Gasteiger partial charge in [-0.05, 0) is 48.7 Å². The molecule has 0 aliphatic heterocycles. The van der Waals surface area contributed by atoms with Crippen LogP contribution in [-0.4, -0.2) is 20.7 Å². The molecule has 0 spiro atoms. The van der Waals surface area contributed by atoms with E-state index in [1.807, 2.05) is 54.9 Å². The molecule has 0 amide bonds. The maximum Gasteiger partial charge on any atom is 0.195 e. The van der Waals surface area contributed by atoms with Crippen LogP contribution in [-0.2, 0) is 6.54 Å². The minimum Gasteiger partial charge on any atom is -0.399 e. The Kier molecular flexibility index (Phi) is 4.91. The molecule has 0 aliphatic rings. The van der Waals surface area contributed by atoms with Crippen LogP contribution in [0.5, 0.6) is 0 Å². The fourth-order valence-electron chi connectivity index (χ4n) is 3.73. The third-order valence-corrected chi connectivity index (χ3v) is 5.32. The van der Waals surface area contributed by atoms with Crippen molar-refractivity contribution in [3.63, 3.8) is 0 Å². The van der Waals surface area contributed by atoms with Crippen molar-refractivity contribution in [2.75, 3.05) is 5.73 Å². The molecule has 1 heterocycles. The van der Waals surface area contributed by atoms with Crippen molar-refractivity contribution in [1.82, 2.24) is 9.78 Å². The number of hydrogen-bond donors (Lipinski definition) is 2. The third-order valence-electron chi connectivity index (χ3n) is 5.32. The number of nitrogens with two attached hydrogens (primary N) is 1. The molecule has 0 fully saturated rings. The number of nitrogens with zero attached hydrogens (tertiary/aromatic N) is 2. The molecule has 1 unspecified atom stereocenters. The summed E-state index contributed by atoms with van der Waals surface area (Å²) in [7, 11) is 0. The van der Waals surface area contributed by atoms with Crippen LogP contribution in [0.3, 0.4) is 0 Å². The van der Waals surface area contributed by atoms with Crippen molar-refractivity contribution in [3.05, 3.63) is 94.7 Å². The van der Waals surface area contributed by atoms with Crippen molar-refractivity contribution < 1.29 is 9.90 Å². The molecule has 1 atom stereocenters. The van der Waals surface area contributed by atoms with Gasteiger partial charge in [-0.1, -0.05) is 48.5 Å². The van der Waals surface area contributed by atoms with E-state index < -0.39 is 6.10 Å². The maximum atomic E-state index is 12.8. The number of carbonyl (C=O) groups is 1. The fourth-order valence-corrected chi connectivity index (χ4v) is 3.73. The van der Waals surface area contributed by atoms with Crippen LogP contribution in [0.2, 0.25) is 0 Å². The van der Waals surface area contributed by atoms with Crippen LogP contribution in [0.1, 0.15) is 38.8 Å². The second-order valence-electron chi connectivity index (χ2n) is 7.30. The molecule has 5 heteroatoms. The Bertz CT molecular complexity index is 1200. The number of ketones is 1. The second-order valence-corrected chi connectivity index (χ2v) is 7.30. The van der Waals surface area contributed by atoms with E-state index in [2.05, 4.69) is 5.10 Å². The number of hydrogen-bond acceptors (Lipinski definition) is 4. The number of aliphatic hydroxyl groups excluding tert-OH is 1. The number of aryl methyl sites for hydroxylation is 2. The molecule has 3 N–H and O–H groups in total. The van der Waals surface area contributed by atoms with Gasteiger partial charge in [-0.3, -0.25) is 9.48 Å². The summed E-state index contributed by atoms with van der Waals surface area (Å²) in [6.45, 7) is 4.38. The first-order chi connectivity index (χ1) is 14.0. The summed E-state index contributed by atoms with van der Waals surface area (Å²) in [5.74, 6) is -0.316. The quantitative estimate of drug-likeness (QED) is 0.398. The number of aliphatic hydroxyl groups is 1. The largest absolute Gasteiger partial charge is 0.399 e. The normalized spacial score (nSPS) is 12.2. The molecule has 0 saturated carbocycles. The summed E-state index contributed by atoms with van der Waals surface area (Å²) >= 11 is 0. The molecule has 0 aliphatic carbocycles. The lowest BCUT2D eigenvalue weighted by Crippen LogP contribution is -2.16. The zero-order chi connectivity index (χ0) is 20.5. The molecule has 0 saturated heterocycles. The highest BCUT2D eigenvalue weighted by atomic mass is 16.3. The predicted octanol–water partition coefficient (Wildman–Crippen LogP) is 4.20. The van der Waals surface area contributed by atoms with E-state index in [0.717, 1.165) is 27.7 Å². The Balaban J connectivity index is 1.76. The first kappa shape index (κ1) is 18.9. The number of anilines is 1. The number of rotatable bonds is 5. The van der Waals surface area contributed by atoms with Gasteiger partial charge in [0.15, 0.2) is 5.78 Å². The Morgan fingerprint density at radius 2 is 1.83 bits per heavy atom. The number of nitrogen functional groups attached to an aromatic ring is 1. The average Bonchev–Trinajstić information content (AvgIpc) is 3.03. The number of benzene rings is 3. The number of Topliss-reactive ketones (excluding diaryl/α,β-unsaturated/α-hetero) is 1. The average molecular weight is 385 g/mol. The molecule has 0 bridgehead atoms. The van der Waals surface area contributed by atoms with E-state index in [1.165, 1.54) is 0 Å². The molecule has 29 heavy (non-hydrogen) atoms. The zero-order valence-corrected chi connectivity index (χ0v) is 16.5. The van der Waals surface area contributed by atoms with Crippen LogP contribution in [0, 0.1) is 13.8 Å². The van der Waals surface area contributed by atoms with Gasteiger partial charge in [0.1, 0.15) is 6.10 Å². The van der Waals surface area contributed by atoms with E-state index in [0.29, 0.717) is 23.4 Å². The Morgan fingerprint density at radius 1 is 1.07 bits per heavy atom. The SMILES string of the molecule is Cc1cccc(C(O)C(=O)c2ccccc2)c1Cn1nc(C)c2ccc(N)cc21. The van der Waals surface area contributed by atoms with Gasteiger partial charge in [0.25, 0.3) is 0 Å². The Hall–Kier alpha value is -3.44. The van der Waals surface area contributed by atoms with Gasteiger partial charge in [-0.25, -0.2) is 0 Å². The fraction of sp³-hybridized carbons (Fsp3) is 0.167. The summed E-state index contributed by atoms with van der Waals surface area (Å²) in [4.78, 5) is 12.8. The predicted molar refractivity (Wildman–Crippen MR) is 115 cm³/mol. The van der Waals surface area contributed by atoms with E-state index in [-0.39, 0.29) is 5.78 Å². The topological polar surface area (TPSA) is 81.1 Å². The maximum absolute atomic E-state index is 12.8. The van der Waals surface area contributed by atoms with Crippen LogP contribution in [0.4, 0.5) is 5.69 Å². The second kappa shape index (κ2) is 7.53. The Labute approximate surface area is 169 Å². The summed E-state index contributed by atoms with van der Waals surface area (Å²) in [6, 6.07) is 20.2. The van der Waals surface area contributed by atoms with E-state index in [9.17, 15) is 9.90 Å². The van der Waals surface area contributed by atoms with Crippen LogP contribution in [0.15, 0.2) is 66.7 Å². The van der Waals surface area contributed by atoms with E-state index >= 15 is 0 Å². The highest BCUT2D eigenvalue weighted by Gasteiger charge is 2.23. The molecule has 0 radical (unpaired) electrons. The van der Waals surface area contributed by atoms with Gasteiger partial charge in [-0.2, -0.15) is 5.10 Å². The third kappa shape index (κ3) is 3.52. The molecule has 1 aromatic heterocycles. The summed E-state index contributed by atoms with van der Waals surface area (Å²) in [5, 5.41) is 16.6. The molecule has 3 aromatic carbocycles. The van der Waals surface area contributed by atoms with E-state index in [1.54, 1.807) is 30.3 Å². The lowest BCUT2D eigenvalue weighted by atomic mass is 9.93. The minimum atomic E-state index is -1.24. The van der Waals surface area contributed by atoms with Gasteiger partial charge < -0.3 is 10.8 Å². The first-order valence-corrected chi connectivity index (χ1v) is 9.54. The smallest absolute Gasteiger partial charge is 0.195 e. The molecule has 4 rings (SSSR count). The zero-order valence-electron chi connectivity index (χ0n) is 16.5. The number of aromatic nitrogens is 2. The number of fused-ring (bicyclic) bond motifs is 1. The van der Waals surface area contributed by atoms with Gasteiger partial charge in [-0.15, -0.1) is 0 Å². The molecular formula is C24H23N3O2. The highest BCUT2D eigenvalue weighted by molar-refractivity contribution is 6.00. The van der Waals surface area contributed by atoms with Crippen LogP contribution >= 0.6 is 0 Å². The van der Waals surface area contributed by atoms with Gasteiger partial charge in [0, 0.05) is 16.6 Å². The van der Waals surface area contributed by atoms with Gasteiger partial charge in [0.2, 0.25) is 0 Å². The van der Waals surface area contributed by atoms with Gasteiger partial charge >= 0.3 is 0 Å². The highest BCUT2D eigenvalue weighted by Crippen LogP contribution is 2.28. The monoisotopic (exact) mass is 385 g/mol. The summed E-state index contributed by atoms with van der Waals surface area (Å²) < 4.78 is 1.88. The van der Waals surface area contributed by atoms with Gasteiger partial charge in [0.05, 0.1) is 17.8 Å². The van der Waals surface area contributed by atoms with E-state index in [4.69, 9.17) is 5.73 Å². The minimum absolute atomic E-state index is 0.316. The standard InChI is InChI=1S/C24H23N3O2/c1-15-7-6-10-20(24(29)23(28)17-8-4-3-5-9-17)21(15)14-27-22-13-18(25)11-12-19(22)16(2)26-27/h3-13,24,29H,14,25H2,1-2H3. The van der Waals surface area contributed by atoms with Crippen LogP contribution < -0.4 is 5.73 Å². The molecule has 4 aromatic rings. The van der Waals surface area contributed by atoms with Crippen molar-refractivity contribution in [3.8, 4) is 0 Å². The first-order valence-electron chi connectivity index (χ1n) is 9.54. The molecule has 146 valence electrons. The lowest BCUT2D eigenvalue weighted by Gasteiger charge is -2.17. The van der Waals surface area contributed by atoms with Crippen LogP contribution in [0.25, 0.3) is 10.9 Å². The summed E-state index contributed by atoms with van der Waals surface area (Å²) in [6.07, 6.45) is -1.24. The molecular weight excluding hydrogens is 362 g/mol. The number of carbonyl (C=O) groups excluding carboxylic acids is 1.